The third kappa shape index (κ3) is 1.35. The molecule has 0 atom stereocenters. The molecule has 0 amide bonds. The molecule has 1 fully saturated rings. The molecule has 0 aromatic heterocycles. The minimum atomic E-state index is -0.773. The van der Waals surface area contributed by atoms with Crippen molar-refractivity contribution in [2.45, 2.75) is 32.3 Å². The minimum Gasteiger partial charge on any atom is -0.506 e. The predicted octanol–water partition coefficient (Wildman–Crippen LogP) is 2.75. The maximum absolute atomic E-state index is 10.00. The number of hydrogen-bond acceptors (Lipinski definition) is 2. The Morgan fingerprint density at radius 1 is 1.29 bits per heavy atom. The highest BCUT2D eigenvalue weighted by Crippen LogP contribution is 2.51. The Kier molecular flexibility index (Phi) is 2.12. The molecular formula is C11H13BrO2. The molecule has 3 heteroatoms. The monoisotopic (exact) mass is 256 g/mol. The molecule has 2 rings (SSSR count). The van der Waals surface area contributed by atoms with E-state index in [4.69, 9.17) is 0 Å². The summed E-state index contributed by atoms with van der Waals surface area (Å²) >= 11 is 3.32. The number of hydrogen-bond donors (Lipinski definition) is 2. The van der Waals surface area contributed by atoms with Gasteiger partial charge < -0.3 is 10.2 Å². The molecule has 76 valence electrons. The van der Waals surface area contributed by atoms with Crippen LogP contribution in [-0.4, -0.2) is 10.2 Å². The molecule has 14 heavy (non-hydrogen) atoms. The number of phenolic OH excluding ortho intramolecular Hbond substituents is 1. The van der Waals surface area contributed by atoms with Gasteiger partial charge in [0.1, 0.15) is 5.75 Å². The van der Waals surface area contributed by atoms with E-state index in [1.165, 1.54) is 0 Å². The van der Waals surface area contributed by atoms with Gasteiger partial charge in [-0.2, -0.15) is 0 Å². The Morgan fingerprint density at radius 2 is 1.86 bits per heavy atom. The van der Waals surface area contributed by atoms with Gasteiger partial charge in [0, 0.05) is 5.56 Å². The highest BCUT2D eigenvalue weighted by Gasteiger charge is 2.45. The first-order valence-corrected chi connectivity index (χ1v) is 5.46. The van der Waals surface area contributed by atoms with E-state index in [0.717, 1.165) is 24.0 Å². The van der Waals surface area contributed by atoms with Crippen LogP contribution in [0.4, 0.5) is 0 Å². The van der Waals surface area contributed by atoms with Gasteiger partial charge in [-0.1, -0.05) is 6.07 Å². The summed E-state index contributed by atoms with van der Waals surface area (Å²) in [5, 5.41) is 19.9. The maximum atomic E-state index is 10.00. The molecule has 1 aromatic carbocycles. The van der Waals surface area contributed by atoms with Crippen LogP contribution in [0, 0.1) is 13.8 Å². The second-order valence-corrected chi connectivity index (χ2v) is 4.87. The van der Waals surface area contributed by atoms with E-state index in [-0.39, 0.29) is 5.75 Å². The summed E-state index contributed by atoms with van der Waals surface area (Å²) in [6, 6.07) is 1.98. The molecule has 1 aliphatic carbocycles. The van der Waals surface area contributed by atoms with Crippen LogP contribution in [0.25, 0.3) is 0 Å². The lowest BCUT2D eigenvalue weighted by Gasteiger charge is -2.16. The van der Waals surface area contributed by atoms with Crippen molar-refractivity contribution >= 4 is 15.9 Å². The van der Waals surface area contributed by atoms with Gasteiger partial charge in [-0.3, -0.25) is 0 Å². The van der Waals surface area contributed by atoms with Crippen LogP contribution in [-0.2, 0) is 5.60 Å². The molecular weight excluding hydrogens is 244 g/mol. The first-order valence-electron chi connectivity index (χ1n) is 4.67. The fourth-order valence-corrected chi connectivity index (χ4v) is 2.21. The van der Waals surface area contributed by atoms with E-state index in [1.54, 1.807) is 0 Å². The summed E-state index contributed by atoms with van der Waals surface area (Å²) in [6.45, 7) is 3.85. The molecule has 1 aliphatic rings. The smallest absolute Gasteiger partial charge is 0.136 e. The molecule has 0 spiro atoms. The number of aromatic hydroxyl groups is 1. The summed E-state index contributed by atoms with van der Waals surface area (Å²) < 4.78 is 0.693. The molecule has 0 aliphatic heterocycles. The number of rotatable bonds is 1. The van der Waals surface area contributed by atoms with Gasteiger partial charge in [0.15, 0.2) is 0 Å². The van der Waals surface area contributed by atoms with Crippen molar-refractivity contribution < 1.29 is 10.2 Å². The van der Waals surface area contributed by atoms with Crippen molar-refractivity contribution in [2.75, 3.05) is 0 Å². The topological polar surface area (TPSA) is 40.5 Å². The number of aliphatic hydroxyl groups is 1. The van der Waals surface area contributed by atoms with Crippen LogP contribution in [0.5, 0.6) is 5.75 Å². The van der Waals surface area contributed by atoms with Crippen LogP contribution in [0.1, 0.15) is 29.5 Å². The molecule has 0 unspecified atom stereocenters. The van der Waals surface area contributed by atoms with Gasteiger partial charge >= 0.3 is 0 Å². The summed E-state index contributed by atoms with van der Waals surface area (Å²) in [7, 11) is 0. The summed E-state index contributed by atoms with van der Waals surface area (Å²) in [5.74, 6) is 0.197. The van der Waals surface area contributed by atoms with Crippen LogP contribution in [0.2, 0.25) is 0 Å². The average Bonchev–Trinajstić information content (AvgIpc) is 2.80. The summed E-state index contributed by atoms with van der Waals surface area (Å²) in [6.07, 6.45) is 1.49. The highest BCUT2D eigenvalue weighted by molar-refractivity contribution is 9.10. The molecule has 2 N–H and O–H groups in total. The SMILES string of the molecule is Cc1cc(C)c(C2(O)CC2)c(O)c1Br. The summed E-state index contributed by atoms with van der Waals surface area (Å²) in [5.41, 5.74) is 1.87. The lowest BCUT2D eigenvalue weighted by molar-refractivity contribution is 0.147. The fraction of sp³-hybridized carbons (Fsp3) is 0.455. The van der Waals surface area contributed by atoms with Crippen LogP contribution in [0.15, 0.2) is 10.5 Å². The van der Waals surface area contributed by atoms with E-state index >= 15 is 0 Å². The maximum Gasteiger partial charge on any atom is 0.136 e. The van der Waals surface area contributed by atoms with Crippen molar-refractivity contribution in [2.24, 2.45) is 0 Å². The first-order chi connectivity index (χ1) is 6.46. The largest absolute Gasteiger partial charge is 0.506 e. The third-order valence-corrected chi connectivity index (χ3v) is 3.81. The van der Waals surface area contributed by atoms with Crippen LogP contribution in [0.3, 0.4) is 0 Å². The Balaban J connectivity index is 2.65. The van der Waals surface area contributed by atoms with Crippen molar-refractivity contribution in [3.63, 3.8) is 0 Å². The van der Waals surface area contributed by atoms with Crippen LogP contribution < -0.4 is 0 Å². The Hall–Kier alpha value is -0.540. The Morgan fingerprint density at radius 3 is 2.36 bits per heavy atom. The van der Waals surface area contributed by atoms with Crippen molar-refractivity contribution in [3.8, 4) is 5.75 Å². The molecule has 1 aromatic rings. The van der Waals surface area contributed by atoms with Gasteiger partial charge in [0.25, 0.3) is 0 Å². The van der Waals surface area contributed by atoms with E-state index in [2.05, 4.69) is 15.9 Å². The van der Waals surface area contributed by atoms with E-state index < -0.39 is 5.60 Å². The number of halogens is 1. The zero-order chi connectivity index (χ0) is 10.5. The zero-order valence-corrected chi connectivity index (χ0v) is 9.85. The van der Waals surface area contributed by atoms with Gasteiger partial charge in [0.2, 0.25) is 0 Å². The Labute approximate surface area is 91.7 Å². The zero-order valence-electron chi connectivity index (χ0n) is 8.26. The predicted molar refractivity (Wildman–Crippen MR) is 58.4 cm³/mol. The van der Waals surface area contributed by atoms with Crippen molar-refractivity contribution in [3.05, 3.63) is 27.2 Å². The standard InChI is InChI=1S/C11H13BrO2/c1-6-5-7(2)9(12)10(13)8(6)11(14)3-4-11/h5,13-14H,3-4H2,1-2H3. The average molecular weight is 257 g/mol. The number of phenols is 1. The number of aryl methyl sites for hydroxylation is 2. The molecule has 2 nitrogen and oxygen atoms in total. The van der Waals surface area contributed by atoms with Crippen molar-refractivity contribution in [1.82, 2.24) is 0 Å². The third-order valence-electron chi connectivity index (χ3n) is 2.81. The molecule has 0 bridgehead atoms. The van der Waals surface area contributed by atoms with E-state index in [0.29, 0.717) is 10.0 Å². The second kappa shape index (κ2) is 2.97. The number of benzene rings is 1. The molecule has 1 saturated carbocycles. The van der Waals surface area contributed by atoms with Gasteiger partial charge in [-0.05, 0) is 53.7 Å². The Bertz CT molecular complexity index is 395. The minimum absolute atomic E-state index is 0.197. The van der Waals surface area contributed by atoms with Crippen molar-refractivity contribution in [1.29, 1.82) is 0 Å². The molecule has 0 heterocycles. The quantitative estimate of drug-likeness (QED) is 0.812. The van der Waals surface area contributed by atoms with Crippen LogP contribution >= 0.6 is 15.9 Å². The molecule has 0 saturated heterocycles. The molecule has 0 radical (unpaired) electrons. The van der Waals surface area contributed by atoms with Gasteiger partial charge in [-0.15, -0.1) is 0 Å². The lowest BCUT2D eigenvalue weighted by Crippen LogP contribution is -2.07. The summed E-state index contributed by atoms with van der Waals surface area (Å²) in [4.78, 5) is 0. The lowest BCUT2D eigenvalue weighted by atomic mass is 9.98. The second-order valence-electron chi connectivity index (χ2n) is 4.08. The highest BCUT2D eigenvalue weighted by atomic mass is 79.9. The first kappa shape index (κ1) is 9.99. The van der Waals surface area contributed by atoms with Gasteiger partial charge in [0.05, 0.1) is 10.1 Å². The van der Waals surface area contributed by atoms with E-state index in [9.17, 15) is 10.2 Å². The fourth-order valence-electron chi connectivity index (χ4n) is 1.90. The van der Waals surface area contributed by atoms with Gasteiger partial charge in [-0.25, -0.2) is 0 Å². The van der Waals surface area contributed by atoms with E-state index in [1.807, 2.05) is 19.9 Å². The normalized spacial score (nSPS) is 18.3.